The van der Waals surface area contributed by atoms with Gasteiger partial charge >= 0.3 is 0 Å². The van der Waals surface area contributed by atoms with Crippen LogP contribution >= 0.6 is 0 Å². The van der Waals surface area contributed by atoms with Gasteiger partial charge in [0.1, 0.15) is 5.75 Å². The van der Waals surface area contributed by atoms with Gasteiger partial charge in [0.2, 0.25) is 5.91 Å². The molecule has 1 unspecified atom stereocenters. The van der Waals surface area contributed by atoms with E-state index in [1.807, 2.05) is 42.3 Å². The molecule has 3 rings (SSSR count). The summed E-state index contributed by atoms with van der Waals surface area (Å²) in [5, 5.41) is 0. The Morgan fingerprint density at radius 3 is 2.72 bits per heavy atom. The van der Waals surface area contributed by atoms with E-state index in [9.17, 15) is 4.79 Å². The van der Waals surface area contributed by atoms with Crippen LogP contribution in [0.5, 0.6) is 5.75 Å². The van der Waals surface area contributed by atoms with E-state index in [-0.39, 0.29) is 11.9 Å². The number of ether oxygens (including phenoxy) is 1. The van der Waals surface area contributed by atoms with Crippen LogP contribution in [0.4, 0.5) is 0 Å². The summed E-state index contributed by atoms with van der Waals surface area (Å²) >= 11 is 0. The largest absolute Gasteiger partial charge is 0.496 e. The highest BCUT2D eigenvalue weighted by molar-refractivity contribution is 5.73. The molecule has 0 aliphatic carbocycles. The van der Waals surface area contributed by atoms with Crippen molar-refractivity contribution in [2.45, 2.75) is 26.4 Å². The molecule has 1 aliphatic heterocycles. The van der Waals surface area contributed by atoms with Crippen LogP contribution in [0.3, 0.4) is 0 Å². The minimum absolute atomic E-state index is 0.107. The summed E-state index contributed by atoms with van der Waals surface area (Å²) in [4.78, 5) is 20.6. The zero-order chi connectivity index (χ0) is 17.8. The summed E-state index contributed by atoms with van der Waals surface area (Å²) in [6.07, 6.45) is 1.94. The summed E-state index contributed by atoms with van der Waals surface area (Å²) in [5.41, 5.74) is 3.32. The van der Waals surface area contributed by atoms with Gasteiger partial charge in [0.05, 0.1) is 13.2 Å². The lowest BCUT2D eigenvalue weighted by atomic mass is 10.00. The van der Waals surface area contributed by atoms with Crippen LogP contribution in [0, 0.1) is 6.92 Å². The zero-order valence-corrected chi connectivity index (χ0v) is 15.1. The fraction of sp³-hybridized carbons (Fsp3) is 0.400. The van der Waals surface area contributed by atoms with Gasteiger partial charge in [-0.3, -0.25) is 14.7 Å². The van der Waals surface area contributed by atoms with E-state index < -0.39 is 0 Å². The number of aromatic nitrogens is 1. The maximum absolute atomic E-state index is 11.9. The van der Waals surface area contributed by atoms with E-state index in [0.717, 1.165) is 36.6 Å². The van der Waals surface area contributed by atoms with E-state index in [1.54, 1.807) is 14.0 Å². The first-order valence-electron chi connectivity index (χ1n) is 8.62. The van der Waals surface area contributed by atoms with Crippen LogP contribution < -0.4 is 4.74 Å². The Kier molecular flexibility index (Phi) is 5.34. The molecule has 1 amide bonds. The summed E-state index contributed by atoms with van der Waals surface area (Å²) in [7, 11) is 1.69. The van der Waals surface area contributed by atoms with Gasteiger partial charge in [0.25, 0.3) is 0 Å². The predicted octanol–water partition coefficient (Wildman–Crippen LogP) is 2.80. The topological polar surface area (TPSA) is 45.7 Å². The number of amides is 1. The number of carbonyl (C=O) groups excluding carboxylic acids is 1. The highest BCUT2D eigenvalue weighted by Gasteiger charge is 2.31. The molecule has 1 aromatic heterocycles. The number of methoxy groups -OCH3 is 1. The predicted molar refractivity (Wildman–Crippen MR) is 97.4 cm³/mol. The van der Waals surface area contributed by atoms with Crippen molar-refractivity contribution in [2.24, 2.45) is 0 Å². The second-order valence-electron chi connectivity index (χ2n) is 6.50. The molecular weight excluding hydrogens is 314 g/mol. The first-order chi connectivity index (χ1) is 12.1. The van der Waals surface area contributed by atoms with Gasteiger partial charge in [-0.2, -0.15) is 0 Å². The number of nitrogens with zero attached hydrogens (tertiary/aromatic N) is 3. The van der Waals surface area contributed by atoms with Crippen LogP contribution in [0.15, 0.2) is 42.6 Å². The van der Waals surface area contributed by atoms with Crippen LogP contribution in [-0.4, -0.2) is 47.4 Å². The minimum Gasteiger partial charge on any atom is -0.496 e. The Hall–Kier alpha value is -2.40. The maximum atomic E-state index is 11.9. The van der Waals surface area contributed by atoms with E-state index in [1.165, 1.54) is 5.56 Å². The number of rotatable bonds is 4. The van der Waals surface area contributed by atoms with Crippen molar-refractivity contribution < 1.29 is 9.53 Å². The number of aryl methyl sites for hydroxylation is 1. The number of carbonyl (C=O) groups is 1. The zero-order valence-electron chi connectivity index (χ0n) is 15.1. The second kappa shape index (κ2) is 7.66. The third kappa shape index (κ3) is 3.99. The van der Waals surface area contributed by atoms with Gasteiger partial charge in [-0.15, -0.1) is 0 Å². The second-order valence-corrected chi connectivity index (χ2v) is 6.50. The lowest BCUT2D eigenvalue weighted by Gasteiger charge is -2.41. The molecule has 132 valence electrons. The molecule has 25 heavy (non-hydrogen) atoms. The minimum atomic E-state index is 0.107. The third-order valence-corrected chi connectivity index (χ3v) is 4.79. The van der Waals surface area contributed by atoms with Crippen LogP contribution in [-0.2, 0) is 11.3 Å². The summed E-state index contributed by atoms with van der Waals surface area (Å²) < 4.78 is 5.57. The van der Waals surface area contributed by atoms with Gasteiger partial charge < -0.3 is 9.64 Å². The number of hydrogen-bond acceptors (Lipinski definition) is 4. The van der Waals surface area contributed by atoms with Crippen molar-refractivity contribution in [3.63, 3.8) is 0 Å². The number of pyridine rings is 1. The molecule has 1 fully saturated rings. The monoisotopic (exact) mass is 339 g/mol. The van der Waals surface area contributed by atoms with Gasteiger partial charge in [-0.1, -0.05) is 24.3 Å². The molecule has 5 nitrogen and oxygen atoms in total. The summed E-state index contributed by atoms with van der Waals surface area (Å²) in [5.74, 6) is 0.987. The van der Waals surface area contributed by atoms with Crippen molar-refractivity contribution >= 4 is 5.91 Å². The Labute approximate surface area is 149 Å². The van der Waals surface area contributed by atoms with E-state index in [2.05, 4.69) is 22.0 Å². The van der Waals surface area contributed by atoms with Gasteiger partial charge in [0.15, 0.2) is 0 Å². The van der Waals surface area contributed by atoms with E-state index in [0.29, 0.717) is 6.54 Å². The fourth-order valence-corrected chi connectivity index (χ4v) is 3.36. The Balaban J connectivity index is 1.89. The fourth-order valence-electron chi connectivity index (χ4n) is 3.36. The van der Waals surface area contributed by atoms with Crippen molar-refractivity contribution in [1.29, 1.82) is 0 Å². The van der Waals surface area contributed by atoms with E-state index in [4.69, 9.17) is 4.74 Å². The number of benzene rings is 1. The summed E-state index contributed by atoms with van der Waals surface area (Å²) in [6, 6.07) is 12.3. The first-order valence-corrected chi connectivity index (χ1v) is 8.62. The normalized spacial score (nSPS) is 18.2. The molecule has 1 saturated heterocycles. The Morgan fingerprint density at radius 1 is 1.24 bits per heavy atom. The molecule has 1 aromatic carbocycles. The van der Waals surface area contributed by atoms with Gasteiger partial charge in [0, 0.05) is 50.6 Å². The van der Waals surface area contributed by atoms with Crippen molar-refractivity contribution in [3.05, 3.63) is 59.4 Å². The number of piperazine rings is 1. The van der Waals surface area contributed by atoms with Crippen LogP contribution in [0.25, 0.3) is 0 Å². The molecular formula is C20H25N3O2. The molecule has 0 bridgehead atoms. The molecule has 1 atom stereocenters. The smallest absolute Gasteiger partial charge is 0.219 e. The van der Waals surface area contributed by atoms with Crippen LogP contribution in [0.2, 0.25) is 0 Å². The molecule has 0 spiro atoms. The van der Waals surface area contributed by atoms with Gasteiger partial charge in [-0.25, -0.2) is 0 Å². The molecule has 1 aliphatic rings. The highest BCUT2D eigenvalue weighted by atomic mass is 16.5. The summed E-state index contributed by atoms with van der Waals surface area (Å²) in [6.45, 7) is 6.69. The maximum Gasteiger partial charge on any atom is 0.219 e. The van der Waals surface area contributed by atoms with Gasteiger partial charge in [-0.05, 0) is 24.6 Å². The Bertz CT molecular complexity index is 730. The average molecular weight is 339 g/mol. The first kappa shape index (κ1) is 17.4. The third-order valence-electron chi connectivity index (χ3n) is 4.79. The lowest BCUT2D eigenvalue weighted by molar-refractivity contribution is -0.132. The Morgan fingerprint density at radius 2 is 2.04 bits per heavy atom. The van der Waals surface area contributed by atoms with Crippen molar-refractivity contribution in [1.82, 2.24) is 14.8 Å². The molecule has 2 aromatic rings. The molecule has 0 saturated carbocycles. The lowest BCUT2D eigenvalue weighted by Crippen LogP contribution is -2.49. The molecule has 0 N–H and O–H groups in total. The number of hydrogen-bond donors (Lipinski definition) is 0. The van der Waals surface area contributed by atoms with Crippen molar-refractivity contribution in [2.75, 3.05) is 26.7 Å². The quantitative estimate of drug-likeness (QED) is 0.859. The molecule has 0 radical (unpaired) electrons. The molecule has 2 heterocycles. The average Bonchev–Trinajstić information content (AvgIpc) is 2.63. The van der Waals surface area contributed by atoms with Crippen LogP contribution in [0.1, 0.15) is 29.8 Å². The SMILES string of the molecule is COc1ccccc1C1CN(C(C)=O)CCN1Cc1ccc(C)nc1. The standard InChI is InChI=1S/C20H25N3O2/c1-15-8-9-17(12-21-15)13-23-11-10-22(16(2)24)14-19(23)18-6-4-5-7-20(18)25-3/h4-9,12,19H,10-11,13-14H2,1-3H3. The van der Waals surface area contributed by atoms with E-state index >= 15 is 0 Å². The number of para-hydroxylation sites is 1. The highest BCUT2D eigenvalue weighted by Crippen LogP contribution is 2.33. The van der Waals surface area contributed by atoms with Crippen molar-refractivity contribution in [3.8, 4) is 5.75 Å². The molecule has 5 heteroatoms.